The third-order valence-electron chi connectivity index (χ3n) is 5.76. The summed E-state index contributed by atoms with van der Waals surface area (Å²) in [6.07, 6.45) is -4.31. The Morgan fingerprint density at radius 2 is 1.70 bits per heavy atom. The Morgan fingerprint density at radius 3 is 2.32 bits per heavy atom. The first-order valence-electron chi connectivity index (χ1n) is 11.4. The van der Waals surface area contributed by atoms with E-state index < -0.39 is 24.3 Å². The van der Waals surface area contributed by atoms with Crippen LogP contribution in [-0.2, 0) is 11.2 Å². The van der Waals surface area contributed by atoms with Gasteiger partial charge in [-0.2, -0.15) is 13.2 Å². The molecule has 190 valence electrons. The minimum absolute atomic E-state index is 0.0263. The van der Waals surface area contributed by atoms with Crippen molar-refractivity contribution in [2.45, 2.75) is 31.7 Å². The van der Waals surface area contributed by atoms with E-state index in [4.69, 9.17) is 15.6 Å². The summed E-state index contributed by atoms with van der Waals surface area (Å²) in [7, 11) is 0. The first kappa shape index (κ1) is 25.8. The topological polar surface area (TPSA) is 98.3 Å². The van der Waals surface area contributed by atoms with Gasteiger partial charge in [0.2, 0.25) is 12.0 Å². The predicted octanol–water partition coefficient (Wildman–Crippen LogP) is 5.76. The number of aryl methyl sites for hydroxylation is 1. The molecule has 0 radical (unpaired) electrons. The molecule has 1 heterocycles. The van der Waals surface area contributed by atoms with Crippen LogP contribution in [-0.4, -0.2) is 33.3 Å². The molecule has 0 saturated heterocycles. The second kappa shape index (κ2) is 10.8. The molecule has 0 bridgehead atoms. The van der Waals surface area contributed by atoms with Gasteiger partial charge in [-0.05, 0) is 30.0 Å². The van der Waals surface area contributed by atoms with Gasteiger partial charge in [-0.1, -0.05) is 78.4 Å². The summed E-state index contributed by atoms with van der Waals surface area (Å²) in [6, 6.07) is 19.3. The summed E-state index contributed by atoms with van der Waals surface area (Å²) >= 11 is 0. The Hall–Kier alpha value is -4.24. The van der Waals surface area contributed by atoms with Gasteiger partial charge in [0.1, 0.15) is 6.04 Å². The van der Waals surface area contributed by atoms with Crippen LogP contribution in [0.2, 0.25) is 0 Å². The molecule has 6 nitrogen and oxygen atoms in total. The van der Waals surface area contributed by atoms with Gasteiger partial charge >= 0.3 is 12.1 Å². The molecule has 1 unspecified atom stereocenters. The average Bonchev–Trinajstić information content (AvgIpc) is 2.87. The van der Waals surface area contributed by atoms with Crippen molar-refractivity contribution in [3.63, 3.8) is 0 Å². The van der Waals surface area contributed by atoms with Crippen LogP contribution >= 0.6 is 0 Å². The van der Waals surface area contributed by atoms with E-state index in [1.54, 1.807) is 54.6 Å². The lowest BCUT2D eigenvalue weighted by Crippen LogP contribution is -2.32. The molecule has 4 rings (SSSR count). The zero-order valence-electron chi connectivity index (χ0n) is 19.8. The third-order valence-corrected chi connectivity index (χ3v) is 5.76. The third kappa shape index (κ3) is 6.31. The van der Waals surface area contributed by atoms with Crippen LogP contribution in [0.1, 0.15) is 22.8 Å². The maximum atomic E-state index is 14.2. The van der Waals surface area contributed by atoms with Gasteiger partial charge in [0.15, 0.2) is 0 Å². The van der Waals surface area contributed by atoms with E-state index in [-0.39, 0.29) is 17.9 Å². The number of halogens is 3. The molecule has 0 spiro atoms. The minimum Gasteiger partial charge on any atom is -0.480 e. The summed E-state index contributed by atoms with van der Waals surface area (Å²) < 4.78 is 47.9. The number of aromatic nitrogens is 2. The first-order chi connectivity index (χ1) is 17.6. The minimum atomic E-state index is -4.70. The standard InChI is InChI=1S/C28H24F3N3O3/c1-17-5-4-6-20(13-17)21-7-2-3-8-22(21)26(28(29,30)31)37-25-16-33-24(15-34-25)19-11-9-18(10-12-19)14-23(32)27(35)36/h2-13,15-16,23,26H,14,32H2,1H3,(H,35,36)/t23-,26?/m0/s1. The molecule has 0 fully saturated rings. The van der Waals surface area contributed by atoms with Crippen molar-refractivity contribution >= 4 is 5.97 Å². The molecule has 3 aromatic carbocycles. The van der Waals surface area contributed by atoms with Gasteiger partial charge in [-0.3, -0.25) is 4.79 Å². The molecule has 0 aliphatic heterocycles. The van der Waals surface area contributed by atoms with Gasteiger partial charge in [-0.15, -0.1) is 0 Å². The summed E-state index contributed by atoms with van der Waals surface area (Å²) in [4.78, 5) is 19.2. The fraction of sp³-hybridized carbons (Fsp3) is 0.179. The Kier molecular flexibility index (Phi) is 7.54. The Morgan fingerprint density at radius 1 is 0.973 bits per heavy atom. The largest absolute Gasteiger partial charge is 0.480 e. The maximum Gasteiger partial charge on any atom is 0.429 e. The van der Waals surface area contributed by atoms with Gasteiger partial charge in [-0.25, -0.2) is 9.97 Å². The molecule has 4 aromatic rings. The van der Waals surface area contributed by atoms with E-state index in [9.17, 15) is 18.0 Å². The van der Waals surface area contributed by atoms with Crippen LogP contribution < -0.4 is 10.5 Å². The lowest BCUT2D eigenvalue weighted by atomic mass is 9.95. The van der Waals surface area contributed by atoms with Crippen LogP contribution in [0.4, 0.5) is 13.2 Å². The quantitative estimate of drug-likeness (QED) is 0.315. The summed E-state index contributed by atoms with van der Waals surface area (Å²) in [6.45, 7) is 1.87. The number of rotatable bonds is 8. The maximum absolute atomic E-state index is 14.2. The number of carboxylic acid groups (broad SMARTS) is 1. The highest BCUT2D eigenvalue weighted by Gasteiger charge is 2.44. The number of carbonyl (C=O) groups is 1. The van der Waals surface area contributed by atoms with Gasteiger partial charge < -0.3 is 15.6 Å². The van der Waals surface area contributed by atoms with Crippen molar-refractivity contribution in [3.8, 4) is 28.3 Å². The van der Waals surface area contributed by atoms with E-state index >= 15 is 0 Å². The average molecular weight is 508 g/mol. The highest BCUT2D eigenvalue weighted by molar-refractivity contribution is 5.73. The van der Waals surface area contributed by atoms with Gasteiger partial charge in [0, 0.05) is 11.1 Å². The number of benzene rings is 3. The van der Waals surface area contributed by atoms with Crippen molar-refractivity contribution in [1.29, 1.82) is 0 Å². The lowest BCUT2D eigenvalue weighted by molar-refractivity contribution is -0.198. The van der Waals surface area contributed by atoms with Crippen molar-refractivity contribution < 1.29 is 27.8 Å². The number of nitrogens with zero attached hydrogens (tertiary/aromatic N) is 2. The number of ether oxygens (including phenoxy) is 1. The number of nitrogens with two attached hydrogens (primary N) is 1. The van der Waals surface area contributed by atoms with Crippen LogP contribution in [0.25, 0.3) is 22.4 Å². The van der Waals surface area contributed by atoms with E-state index in [0.717, 1.165) is 17.3 Å². The van der Waals surface area contributed by atoms with Crippen LogP contribution in [0.5, 0.6) is 5.88 Å². The fourth-order valence-electron chi connectivity index (χ4n) is 3.91. The molecule has 0 saturated carbocycles. The molecule has 3 N–H and O–H groups in total. The van der Waals surface area contributed by atoms with E-state index in [1.807, 2.05) is 19.1 Å². The van der Waals surface area contributed by atoms with Gasteiger partial charge in [0.05, 0.1) is 18.1 Å². The van der Waals surface area contributed by atoms with E-state index in [0.29, 0.717) is 22.4 Å². The smallest absolute Gasteiger partial charge is 0.429 e. The van der Waals surface area contributed by atoms with E-state index in [1.165, 1.54) is 12.3 Å². The normalized spacial score (nSPS) is 13.1. The van der Waals surface area contributed by atoms with Crippen LogP contribution in [0.3, 0.4) is 0 Å². The zero-order valence-corrected chi connectivity index (χ0v) is 19.8. The molecule has 1 aromatic heterocycles. The van der Waals surface area contributed by atoms with Crippen molar-refractivity contribution in [2.75, 3.05) is 0 Å². The zero-order chi connectivity index (χ0) is 26.6. The summed E-state index contributed by atoms with van der Waals surface area (Å²) in [5.74, 6) is -1.36. The van der Waals surface area contributed by atoms with Crippen molar-refractivity contribution in [1.82, 2.24) is 9.97 Å². The summed E-state index contributed by atoms with van der Waals surface area (Å²) in [5, 5.41) is 8.95. The summed E-state index contributed by atoms with van der Waals surface area (Å²) in [5.41, 5.74) is 9.34. The SMILES string of the molecule is Cc1cccc(-c2ccccc2C(Oc2cnc(-c3ccc(C[C@H](N)C(=O)O)cc3)cn2)C(F)(F)F)c1. The number of aliphatic carboxylic acids is 1. The van der Waals surface area contributed by atoms with Gasteiger partial charge in [0.25, 0.3) is 0 Å². The molecular weight excluding hydrogens is 483 g/mol. The van der Waals surface area contributed by atoms with Crippen molar-refractivity contribution in [2.24, 2.45) is 5.73 Å². The highest BCUT2D eigenvalue weighted by atomic mass is 19.4. The number of alkyl halides is 3. The Labute approximate surface area is 211 Å². The Balaban J connectivity index is 1.57. The van der Waals surface area contributed by atoms with Crippen LogP contribution in [0.15, 0.2) is 85.2 Å². The monoisotopic (exact) mass is 507 g/mol. The molecule has 2 atom stereocenters. The molecule has 9 heteroatoms. The lowest BCUT2D eigenvalue weighted by Gasteiger charge is -2.24. The molecule has 0 amide bonds. The molecule has 0 aliphatic carbocycles. The first-order valence-corrected chi connectivity index (χ1v) is 11.4. The highest BCUT2D eigenvalue weighted by Crippen LogP contribution is 2.40. The molecule has 0 aliphatic rings. The van der Waals surface area contributed by atoms with Crippen molar-refractivity contribution in [3.05, 3.63) is 102 Å². The predicted molar refractivity (Wildman–Crippen MR) is 133 cm³/mol. The molecular formula is C28H24F3N3O3. The number of hydrogen-bond donors (Lipinski definition) is 2. The number of carboxylic acids is 1. The van der Waals surface area contributed by atoms with Crippen LogP contribution in [0, 0.1) is 6.92 Å². The second-order valence-electron chi connectivity index (χ2n) is 8.58. The van der Waals surface area contributed by atoms with E-state index in [2.05, 4.69) is 9.97 Å². The fourth-order valence-corrected chi connectivity index (χ4v) is 3.91. The number of hydrogen-bond acceptors (Lipinski definition) is 5. The Bertz CT molecular complexity index is 1370. The second-order valence-corrected chi connectivity index (χ2v) is 8.58. The molecule has 37 heavy (non-hydrogen) atoms.